The molecular weight excluding hydrogens is 546 g/mol. The van der Waals surface area contributed by atoms with Crippen LogP contribution in [0.2, 0.25) is 0 Å². The summed E-state index contributed by atoms with van der Waals surface area (Å²) >= 11 is 0. The Morgan fingerprint density at radius 1 is 1.00 bits per heavy atom. The molecule has 42 heavy (non-hydrogen) atoms. The van der Waals surface area contributed by atoms with Crippen LogP contribution in [0.25, 0.3) is 28.2 Å². The number of ether oxygens (including phenoxy) is 1. The molecule has 2 heterocycles. The molecule has 0 saturated carbocycles. The first-order chi connectivity index (χ1) is 19.9. The van der Waals surface area contributed by atoms with E-state index in [9.17, 15) is 14.0 Å². The number of benzene rings is 3. The molecule has 0 aliphatic rings. The molecule has 0 aliphatic carbocycles. The summed E-state index contributed by atoms with van der Waals surface area (Å²) in [6, 6.07) is 22.6. The van der Waals surface area contributed by atoms with E-state index in [1.807, 2.05) is 55.5 Å². The first-order valence-corrected chi connectivity index (χ1v) is 13.6. The van der Waals surface area contributed by atoms with Crippen LogP contribution in [-0.4, -0.2) is 62.0 Å². The van der Waals surface area contributed by atoms with Crippen LogP contribution in [0.5, 0.6) is 5.75 Å². The zero-order chi connectivity index (χ0) is 28.9. The molecule has 5 aromatic rings. The Balaban J connectivity index is 0.00000405. The molecule has 0 aliphatic heterocycles. The summed E-state index contributed by atoms with van der Waals surface area (Å²) in [4.78, 5) is 32.8. The van der Waals surface area contributed by atoms with Gasteiger partial charge >= 0.3 is 5.76 Å². The molecule has 10 heteroatoms. The van der Waals surface area contributed by atoms with Crippen LogP contribution in [-0.2, 0) is 12.8 Å². The van der Waals surface area contributed by atoms with Gasteiger partial charge in [-0.05, 0) is 61.2 Å². The maximum absolute atomic E-state index is 13.9. The number of rotatable bonds is 10. The Hall–Kier alpha value is -3.79. The van der Waals surface area contributed by atoms with Gasteiger partial charge in [0.05, 0.1) is 11.4 Å². The van der Waals surface area contributed by atoms with Crippen molar-refractivity contribution in [2.45, 2.75) is 46.1 Å². The second-order valence-electron chi connectivity index (χ2n) is 9.91. The van der Waals surface area contributed by atoms with Gasteiger partial charge in [-0.2, -0.15) is 0 Å². The van der Waals surface area contributed by atoms with Gasteiger partial charge in [0.2, 0.25) is 0 Å². The van der Waals surface area contributed by atoms with Crippen LogP contribution >= 0.6 is 0 Å². The Kier molecular flexibility index (Phi) is 10.3. The summed E-state index contributed by atoms with van der Waals surface area (Å²) in [5.41, 5.74) is 5.55. The van der Waals surface area contributed by atoms with Crippen molar-refractivity contribution in [2.75, 3.05) is 6.67 Å². The number of aromatic nitrogens is 4. The average molecular weight is 578 g/mol. The normalized spacial score (nSPS) is 11.6. The summed E-state index contributed by atoms with van der Waals surface area (Å²) in [5.74, 6) is 0.894. The largest absolute Gasteiger partial charge is 0.488 e. The second kappa shape index (κ2) is 13.9. The van der Waals surface area contributed by atoms with Crippen molar-refractivity contribution in [3.05, 3.63) is 116 Å². The zero-order valence-corrected chi connectivity index (χ0v) is 26.2. The standard InChI is InChI=1S/C32H31FN4O4.Na/c1-4-7-29-28(31(38)37(21(3)34-29)24-14-16-25(17-15-24)40-20(2)19-33)18-22-10-12-23(13-11-22)26-8-5-6-9-27(26)30-35-32(39)41-36-30;/h5-6,8-17,20H,4,7,18-19H2,1-3H3,(H,35,36,39);. The maximum Gasteiger partial charge on any atom is 0.439 e. The molecule has 3 aromatic carbocycles. The summed E-state index contributed by atoms with van der Waals surface area (Å²) in [6.45, 7) is 4.98. The number of hydrogen-bond acceptors (Lipinski definition) is 6. The summed E-state index contributed by atoms with van der Waals surface area (Å²) in [7, 11) is 0. The molecular formula is C32H31FN4NaO4. The smallest absolute Gasteiger partial charge is 0.439 e. The van der Waals surface area contributed by atoms with E-state index in [1.54, 1.807) is 35.8 Å². The van der Waals surface area contributed by atoms with Crippen LogP contribution in [0, 0.1) is 6.92 Å². The van der Waals surface area contributed by atoms with Gasteiger partial charge in [-0.25, -0.2) is 14.2 Å². The van der Waals surface area contributed by atoms with E-state index < -0.39 is 18.5 Å². The fraction of sp³-hybridized carbons (Fsp3) is 0.250. The Labute approximate surface area is 264 Å². The fourth-order valence-electron chi connectivity index (χ4n) is 4.87. The van der Waals surface area contributed by atoms with Gasteiger partial charge in [-0.3, -0.25) is 18.9 Å². The van der Waals surface area contributed by atoms with Gasteiger partial charge in [-0.1, -0.05) is 67.0 Å². The Bertz CT molecular complexity index is 1760. The number of H-pyrrole nitrogens is 1. The van der Waals surface area contributed by atoms with Crippen LogP contribution < -0.4 is 16.1 Å². The monoisotopic (exact) mass is 577 g/mol. The summed E-state index contributed by atoms with van der Waals surface area (Å²) in [6.07, 6.45) is 1.44. The quantitative estimate of drug-likeness (QED) is 0.222. The SMILES string of the molecule is CCCc1nc(C)n(-c2ccc(OC(C)CF)cc2)c(=O)c1Cc1ccc(-c2ccccc2-c2noc(=O)[nH]2)cc1.[Na]. The second-order valence-corrected chi connectivity index (χ2v) is 9.91. The number of nitrogens with zero attached hydrogens (tertiary/aromatic N) is 3. The van der Waals surface area contributed by atoms with Crippen molar-refractivity contribution < 1.29 is 13.7 Å². The van der Waals surface area contributed by atoms with Crippen LogP contribution in [0.1, 0.15) is 42.9 Å². The molecule has 1 unspecified atom stereocenters. The Morgan fingerprint density at radius 3 is 2.31 bits per heavy atom. The summed E-state index contributed by atoms with van der Waals surface area (Å²) in [5, 5.41) is 3.83. The molecule has 8 nitrogen and oxygen atoms in total. The number of nitrogens with one attached hydrogen (secondary N) is 1. The molecule has 2 aromatic heterocycles. The number of hydrogen-bond donors (Lipinski definition) is 1. The molecule has 0 bridgehead atoms. The van der Waals surface area contributed by atoms with Gasteiger partial charge in [-0.15, -0.1) is 0 Å². The molecule has 0 amide bonds. The van der Waals surface area contributed by atoms with Crippen LogP contribution in [0.15, 0.2) is 86.9 Å². The minimum atomic E-state index is -0.610. The minimum Gasteiger partial charge on any atom is -0.488 e. The first-order valence-electron chi connectivity index (χ1n) is 13.6. The predicted molar refractivity (Wildman–Crippen MR) is 161 cm³/mol. The third-order valence-electron chi connectivity index (χ3n) is 6.83. The number of halogens is 1. The third kappa shape index (κ3) is 6.81. The summed E-state index contributed by atoms with van der Waals surface area (Å²) < 4.78 is 24.7. The third-order valence-corrected chi connectivity index (χ3v) is 6.83. The van der Waals surface area contributed by atoms with Crippen molar-refractivity contribution in [1.29, 1.82) is 0 Å². The van der Waals surface area contributed by atoms with Gasteiger partial charge in [0.15, 0.2) is 5.82 Å². The molecule has 0 saturated heterocycles. The van der Waals surface area contributed by atoms with Gasteiger partial charge in [0, 0.05) is 47.1 Å². The van der Waals surface area contributed by atoms with E-state index >= 15 is 0 Å². The molecule has 0 fully saturated rings. The van der Waals surface area contributed by atoms with Gasteiger partial charge in [0.1, 0.15) is 24.4 Å². The van der Waals surface area contributed by atoms with E-state index in [-0.39, 0.29) is 35.1 Å². The van der Waals surface area contributed by atoms with E-state index in [0.717, 1.165) is 34.4 Å². The number of aromatic amines is 1. The van der Waals surface area contributed by atoms with E-state index in [2.05, 4.69) is 17.1 Å². The van der Waals surface area contributed by atoms with Gasteiger partial charge in [0.25, 0.3) is 5.56 Å². The van der Waals surface area contributed by atoms with Crippen molar-refractivity contribution in [2.24, 2.45) is 0 Å². The predicted octanol–water partition coefficient (Wildman–Crippen LogP) is 5.45. The Morgan fingerprint density at radius 2 is 1.69 bits per heavy atom. The average Bonchev–Trinajstić information content (AvgIpc) is 3.42. The van der Waals surface area contributed by atoms with Crippen molar-refractivity contribution >= 4 is 29.6 Å². The first kappa shape index (κ1) is 31.2. The molecule has 1 atom stereocenters. The maximum atomic E-state index is 13.9. The molecule has 1 N–H and O–H groups in total. The fourth-order valence-corrected chi connectivity index (χ4v) is 4.87. The van der Waals surface area contributed by atoms with E-state index in [0.29, 0.717) is 41.5 Å². The molecule has 211 valence electrons. The van der Waals surface area contributed by atoms with Crippen LogP contribution in [0.4, 0.5) is 4.39 Å². The molecule has 0 spiro atoms. The van der Waals surface area contributed by atoms with E-state index in [1.165, 1.54) is 0 Å². The van der Waals surface area contributed by atoms with Crippen molar-refractivity contribution in [3.8, 4) is 34.0 Å². The van der Waals surface area contributed by atoms with Crippen molar-refractivity contribution in [1.82, 2.24) is 19.7 Å². The van der Waals surface area contributed by atoms with E-state index in [4.69, 9.17) is 14.2 Å². The minimum absolute atomic E-state index is 0. The van der Waals surface area contributed by atoms with Crippen molar-refractivity contribution in [3.63, 3.8) is 0 Å². The molecule has 5 rings (SSSR count). The number of alkyl halides is 1. The topological polar surface area (TPSA) is 103 Å². The molecule has 1 radical (unpaired) electrons. The van der Waals surface area contributed by atoms with Crippen LogP contribution in [0.3, 0.4) is 0 Å². The number of aryl methyl sites for hydroxylation is 2. The van der Waals surface area contributed by atoms with Gasteiger partial charge < -0.3 is 4.74 Å². The zero-order valence-electron chi connectivity index (χ0n) is 24.2.